The Morgan fingerprint density at radius 2 is 1.89 bits per heavy atom. The van der Waals surface area contributed by atoms with Gasteiger partial charge in [-0.3, -0.25) is 4.79 Å². The fourth-order valence-electron chi connectivity index (χ4n) is 4.85. The van der Waals surface area contributed by atoms with Crippen molar-refractivity contribution in [3.05, 3.63) is 48.2 Å². The van der Waals surface area contributed by atoms with Crippen molar-refractivity contribution in [3.63, 3.8) is 0 Å². The van der Waals surface area contributed by atoms with Crippen molar-refractivity contribution in [1.29, 1.82) is 0 Å². The Morgan fingerprint density at radius 3 is 2.62 bits per heavy atom. The first-order chi connectivity index (χ1) is 17.6. The quantitative estimate of drug-likeness (QED) is 0.271. The van der Waals surface area contributed by atoms with Crippen LogP contribution in [0, 0.1) is 0 Å². The molecule has 1 aliphatic rings. The van der Waals surface area contributed by atoms with Crippen LogP contribution in [0.15, 0.2) is 47.0 Å². The zero-order chi connectivity index (χ0) is 26.3. The smallest absolute Gasteiger partial charge is 0.306 e. The molecule has 0 saturated heterocycles. The number of hydrogen-bond acceptors (Lipinski definition) is 7. The summed E-state index contributed by atoms with van der Waals surface area (Å²) in [5, 5.41) is 5.31. The van der Waals surface area contributed by atoms with Gasteiger partial charge in [-0.2, -0.15) is 4.98 Å². The molecular weight excluding hydrogens is 470 g/mol. The molecule has 1 unspecified atom stereocenters. The van der Waals surface area contributed by atoms with Gasteiger partial charge in [0.15, 0.2) is 11.5 Å². The Kier molecular flexibility index (Phi) is 6.43. The van der Waals surface area contributed by atoms with E-state index in [0.29, 0.717) is 29.6 Å². The van der Waals surface area contributed by atoms with E-state index in [9.17, 15) is 4.79 Å². The van der Waals surface area contributed by atoms with Crippen LogP contribution in [0.25, 0.3) is 33.7 Å². The fourth-order valence-corrected chi connectivity index (χ4v) is 4.85. The van der Waals surface area contributed by atoms with Crippen molar-refractivity contribution in [2.75, 3.05) is 7.11 Å². The second-order valence-electron chi connectivity index (χ2n) is 10.7. The first-order valence-electron chi connectivity index (χ1n) is 12.7. The SMILES string of the molecule is COc1cc(-c2nc(-c3ccc4c(c3)cc3n4CCC3CC(=O)OC(C)(C)C)no2)ccc1OC(C)C. The van der Waals surface area contributed by atoms with Gasteiger partial charge in [-0.1, -0.05) is 5.16 Å². The normalized spacial score (nSPS) is 15.3. The third-order valence-corrected chi connectivity index (χ3v) is 6.34. The van der Waals surface area contributed by atoms with Crippen LogP contribution < -0.4 is 9.47 Å². The molecule has 194 valence electrons. The zero-order valence-electron chi connectivity index (χ0n) is 22.2. The van der Waals surface area contributed by atoms with E-state index in [1.165, 1.54) is 5.69 Å². The van der Waals surface area contributed by atoms with E-state index >= 15 is 0 Å². The van der Waals surface area contributed by atoms with Crippen molar-refractivity contribution >= 4 is 16.9 Å². The van der Waals surface area contributed by atoms with Crippen LogP contribution in [0.3, 0.4) is 0 Å². The molecule has 0 N–H and O–H groups in total. The van der Waals surface area contributed by atoms with Gasteiger partial charge in [0.25, 0.3) is 5.89 Å². The first kappa shape index (κ1) is 24.9. The van der Waals surface area contributed by atoms with Gasteiger partial charge in [0.2, 0.25) is 5.82 Å². The molecule has 3 heterocycles. The molecule has 1 atom stereocenters. The molecule has 0 saturated carbocycles. The van der Waals surface area contributed by atoms with E-state index in [1.54, 1.807) is 7.11 Å². The molecule has 2 aromatic heterocycles. The average Bonchev–Trinajstić information content (AvgIpc) is 3.54. The van der Waals surface area contributed by atoms with E-state index in [-0.39, 0.29) is 18.0 Å². The lowest BCUT2D eigenvalue weighted by molar-refractivity contribution is -0.155. The topological polar surface area (TPSA) is 88.6 Å². The summed E-state index contributed by atoms with van der Waals surface area (Å²) in [5.74, 6) is 2.18. The minimum atomic E-state index is -0.476. The molecule has 0 spiro atoms. The summed E-state index contributed by atoms with van der Waals surface area (Å²) in [5.41, 5.74) is 3.44. The van der Waals surface area contributed by atoms with Crippen LogP contribution in [0.4, 0.5) is 0 Å². The molecule has 0 radical (unpaired) electrons. The van der Waals surface area contributed by atoms with Crippen LogP contribution in [0.5, 0.6) is 11.5 Å². The predicted octanol–water partition coefficient (Wildman–Crippen LogP) is 6.37. The third kappa shape index (κ3) is 5.19. The number of methoxy groups -OCH3 is 1. The molecule has 0 amide bonds. The number of nitrogens with zero attached hydrogens (tertiary/aromatic N) is 3. The fraction of sp³-hybridized carbons (Fsp3) is 0.414. The van der Waals surface area contributed by atoms with Crippen LogP contribution in [-0.2, 0) is 16.1 Å². The van der Waals surface area contributed by atoms with Gasteiger partial charge in [0, 0.05) is 40.2 Å². The Morgan fingerprint density at radius 1 is 1.11 bits per heavy atom. The standard InChI is InChI=1S/C29H33N3O5/c1-17(2)35-24-10-8-20(15-25(24)34-6)28-30-27(31-37-28)19-7-9-22-21(13-19)14-23-18(11-12-32(22)23)16-26(33)36-29(3,4)5/h7-10,13-15,17-18H,11-12,16H2,1-6H3. The number of rotatable bonds is 7. The van der Waals surface area contributed by atoms with Crippen LogP contribution in [0.1, 0.15) is 59.1 Å². The number of ether oxygens (including phenoxy) is 3. The van der Waals surface area contributed by atoms with Crippen molar-refractivity contribution in [3.8, 4) is 34.3 Å². The second kappa shape index (κ2) is 9.57. The van der Waals surface area contributed by atoms with Crippen molar-refractivity contribution < 1.29 is 23.5 Å². The maximum absolute atomic E-state index is 12.4. The average molecular weight is 504 g/mol. The molecule has 37 heavy (non-hydrogen) atoms. The third-order valence-electron chi connectivity index (χ3n) is 6.34. The Balaban J connectivity index is 1.38. The predicted molar refractivity (Wildman–Crippen MR) is 141 cm³/mol. The molecule has 2 aromatic carbocycles. The first-order valence-corrected chi connectivity index (χ1v) is 12.7. The lowest BCUT2D eigenvalue weighted by Gasteiger charge is -2.20. The second-order valence-corrected chi connectivity index (χ2v) is 10.7. The van der Waals surface area contributed by atoms with Crippen molar-refractivity contribution in [2.45, 2.75) is 71.6 Å². The monoisotopic (exact) mass is 503 g/mol. The molecule has 4 aromatic rings. The molecule has 8 nitrogen and oxygen atoms in total. The van der Waals surface area contributed by atoms with E-state index in [2.05, 4.69) is 32.9 Å². The zero-order valence-corrected chi connectivity index (χ0v) is 22.2. The van der Waals surface area contributed by atoms with Gasteiger partial charge in [0.05, 0.1) is 19.6 Å². The van der Waals surface area contributed by atoms with Gasteiger partial charge in [-0.15, -0.1) is 0 Å². The largest absolute Gasteiger partial charge is 0.493 e. The van der Waals surface area contributed by atoms with Crippen LogP contribution in [0.2, 0.25) is 0 Å². The molecule has 0 bridgehead atoms. The number of hydrogen-bond donors (Lipinski definition) is 0. The van der Waals surface area contributed by atoms with Gasteiger partial charge >= 0.3 is 5.97 Å². The maximum Gasteiger partial charge on any atom is 0.306 e. The molecule has 0 aliphatic carbocycles. The lowest BCUT2D eigenvalue weighted by Crippen LogP contribution is -2.24. The molecular formula is C29H33N3O5. The molecule has 8 heteroatoms. The summed E-state index contributed by atoms with van der Waals surface area (Å²) in [4.78, 5) is 17.1. The van der Waals surface area contributed by atoms with Gasteiger partial charge in [-0.05, 0) is 83.5 Å². The van der Waals surface area contributed by atoms with Gasteiger partial charge in [-0.25, -0.2) is 0 Å². The Labute approximate surface area is 216 Å². The number of esters is 1. The number of benzene rings is 2. The number of aryl methyl sites for hydroxylation is 1. The summed E-state index contributed by atoms with van der Waals surface area (Å²) in [6.07, 6.45) is 1.36. The van der Waals surface area contributed by atoms with Crippen LogP contribution in [-0.4, -0.2) is 39.5 Å². The van der Waals surface area contributed by atoms with E-state index in [4.69, 9.17) is 18.7 Å². The maximum atomic E-state index is 12.4. The summed E-state index contributed by atoms with van der Waals surface area (Å²) in [6, 6.07) is 13.9. The van der Waals surface area contributed by atoms with Crippen LogP contribution >= 0.6 is 0 Å². The highest BCUT2D eigenvalue weighted by atomic mass is 16.6. The Bertz CT molecular complexity index is 1440. The highest BCUT2D eigenvalue weighted by Crippen LogP contribution is 2.38. The van der Waals surface area contributed by atoms with E-state index in [0.717, 1.165) is 35.0 Å². The van der Waals surface area contributed by atoms with Crippen molar-refractivity contribution in [2.24, 2.45) is 0 Å². The summed E-state index contributed by atoms with van der Waals surface area (Å²) >= 11 is 0. The summed E-state index contributed by atoms with van der Waals surface area (Å²) < 4.78 is 24.7. The highest BCUT2D eigenvalue weighted by Gasteiger charge is 2.29. The molecule has 1 aliphatic heterocycles. The van der Waals surface area contributed by atoms with E-state index < -0.39 is 5.60 Å². The number of aromatic nitrogens is 3. The minimum Gasteiger partial charge on any atom is -0.493 e. The minimum absolute atomic E-state index is 0.0352. The highest BCUT2D eigenvalue weighted by molar-refractivity contribution is 5.86. The number of carbonyl (C=O) groups excluding carboxylic acids is 1. The van der Waals surface area contributed by atoms with Gasteiger partial charge < -0.3 is 23.3 Å². The van der Waals surface area contributed by atoms with Crippen molar-refractivity contribution in [1.82, 2.24) is 14.7 Å². The van der Waals surface area contributed by atoms with Gasteiger partial charge in [0.1, 0.15) is 5.60 Å². The molecule has 0 fully saturated rings. The molecule has 5 rings (SSSR count). The lowest BCUT2D eigenvalue weighted by atomic mass is 10.00. The number of fused-ring (bicyclic) bond motifs is 3. The Hall–Kier alpha value is -3.81. The summed E-state index contributed by atoms with van der Waals surface area (Å²) in [7, 11) is 1.61. The van der Waals surface area contributed by atoms with E-state index in [1.807, 2.05) is 58.9 Å². The summed E-state index contributed by atoms with van der Waals surface area (Å²) in [6.45, 7) is 10.5. The number of carbonyl (C=O) groups is 1.